The van der Waals surface area contributed by atoms with Gasteiger partial charge in [-0.3, -0.25) is 9.59 Å². The van der Waals surface area contributed by atoms with Gasteiger partial charge in [-0.1, -0.05) is 75.3 Å². The summed E-state index contributed by atoms with van der Waals surface area (Å²) in [6.07, 6.45) is 17.1. The topological polar surface area (TPSA) is 89.9 Å². The van der Waals surface area contributed by atoms with Gasteiger partial charge in [0.1, 0.15) is 17.9 Å². The number of allylic oxidation sites excluding steroid dienone is 1. The van der Waals surface area contributed by atoms with Crippen LogP contribution in [0.25, 0.3) is 0 Å². The minimum Gasteiger partial charge on any atom is -0.416 e. The molecule has 0 spiro atoms. The molecule has 0 bridgehead atoms. The predicted octanol–water partition coefficient (Wildman–Crippen LogP) is 14.7. The molecule has 0 unspecified atom stereocenters. The van der Waals surface area contributed by atoms with Crippen molar-refractivity contribution in [3.05, 3.63) is 25.3 Å². The number of unbranched alkanes of at least 4 members (excludes halogenated alkanes) is 4. The first-order valence-corrected chi connectivity index (χ1v) is 36.6. The molecule has 0 aromatic heterocycles. The zero-order valence-corrected chi connectivity index (χ0v) is 46.0. The van der Waals surface area contributed by atoms with Crippen molar-refractivity contribution in [2.75, 3.05) is 13.2 Å². The smallest absolute Gasteiger partial charge is 0.192 e. The maximum absolute atomic E-state index is 12.4. The Morgan fingerprint density at radius 3 is 1.32 bits per heavy atom. The average molecular weight is 946 g/mol. The Bertz CT molecular complexity index is 1100. The van der Waals surface area contributed by atoms with E-state index < -0.39 is 45.8 Å². The Morgan fingerprint density at radius 1 is 0.649 bits per heavy atom. The maximum atomic E-state index is 12.4. The van der Waals surface area contributed by atoms with Crippen molar-refractivity contribution in [2.24, 2.45) is 10.8 Å². The Balaban J connectivity index is -0.000000777. The van der Waals surface area contributed by atoms with Crippen LogP contribution in [0.15, 0.2) is 25.3 Å². The molecule has 0 rings (SSSR count). The zero-order chi connectivity index (χ0) is 45.2. The first kappa shape index (κ1) is 60.9. The van der Waals surface area contributed by atoms with Crippen LogP contribution in [-0.4, -0.2) is 77.3 Å². The number of hydrogen-bond acceptors (Lipinski definition) is 6. The predicted molar refractivity (Wildman–Crippen MR) is 258 cm³/mol. The van der Waals surface area contributed by atoms with Gasteiger partial charge in [0.15, 0.2) is 16.6 Å². The summed E-state index contributed by atoms with van der Waals surface area (Å²) in [5, 5.41) is 9.97. The number of carbonyl (C=O) groups is 3. The minimum atomic E-state index is -1.82. The van der Waals surface area contributed by atoms with E-state index >= 15 is 0 Å². The number of aliphatic hydroxyl groups is 1. The zero-order valence-electron chi connectivity index (χ0n) is 41.1. The Morgan fingerprint density at radius 2 is 1.02 bits per heavy atom. The van der Waals surface area contributed by atoms with E-state index in [0.29, 0.717) is 51.7 Å². The van der Waals surface area contributed by atoms with Gasteiger partial charge in [-0.25, -0.2) is 0 Å². The number of Topliss-reactive ketones (excluding diaryl/α,β-unsaturated/α-hetero) is 2. The van der Waals surface area contributed by atoms with E-state index in [4.69, 9.17) is 8.85 Å². The summed E-state index contributed by atoms with van der Waals surface area (Å²) in [7, 11) is -3.63. The molecular formula is C48H98O6Si2Sn. The number of rotatable bonds is 29. The summed E-state index contributed by atoms with van der Waals surface area (Å²) in [5.41, 5.74) is -0.919. The van der Waals surface area contributed by atoms with Crippen LogP contribution in [0.1, 0.15) is 173 Å². The van der Waals surface area contributed by atoms with Gasteiger partial charge in [0, 0.05) is 43.3 Å². The molecule has 0 saturated carbocycles. The van der Waals surface area contributed by atoms with Crippen LogP contribution in [0.5, 0.6) is 0 Å². The van der Waals surface area contributed by atoms with Crippen molar-refractivity contribution < 1.29 is 28.3 Å². The molecule has 0 aliphatic heterocycles. The molecule has 0 fully saturated rings. The third kappa shape index (κ3) is 27.2. The monoisotopic (exact) mass is 947 g/mol. The second kappa shape index (κ2) is 29.8. The standard InChI is InChI=1S/C18H36O3Si.C15H30O3Si.3C4H9.C3H5.Sn/c1-9-11-15(19)12-10-13-16(20)18(5,6)14-21-22(7,8)17(2,3)4;1-14(2,3)19(6,7)18-12-15(4,5)13(17)10-8-9-11-16;3*1-3-4-2;1-3-2;/h9,15,19H,1,10-14H2,2-8H3;11H,8-10,12H2,1-7H3;3*1,3-4H2,2H3;3H,1-2H2;/t15-;;;;;;/m1....../s1. The van der Waals surface area contributed by atoms with E-state index in [0.717, 1.165) is 12.7 Å². The fraction of sp³-hybridized carbons (Fsp3) is 0.854. The molecule has 1 atom stereocenters. The molecule has 9 heteroatoms. The fourth-order valence-corrected chi connectivity index (χ4v) is 23.2. The molecule has 0 radical (unpaired) electrons. The van der Waals surface area contributed by atoms with Crippen LogP contribution in [0.4, 0.5) is 0 Å². The number of aldehydes is 1. The first-order valence-electron chi connectivity index (χ1n) is 22.7. The Hall–Kier alpha value is -0.398. The van der Waals surface area contributed by atoms with E-state index in [1.807, 2.05) is 27.7 Å². The second-order valence-corrected chi connectivity index (χ2v) is 44.8. The van der Waals surface area contributed by atoms with Crippen molar-refractivity contribution in [2.45, 2.75) is 234 Å². The molecule has 0 aromatic rings. The number of hydrogen-bond donors (Lipinski definition) is 1. The van der Waals surface area contributed by atoms with Crippen molar-refractivity contribution >= 4 is 52.9 Å². The van der Waals surface area contributed by atoms with Gasteiger partial charge in [0.2, 0.25) is 0 Å². The van der Waals surface area contributed by atoms with E-state index in [2.05, 4.69) is 108 Å². The second-order valence-electron chi connectivity index (χ2n) is 21.1. The van der Waals surface area contributed by atoms with Gasteiger partial charge in [-0.05, 0) is 61.9 Å². The summed E-state index contributed by atoms with van der Waals surface area (Å²) >= 11 is -1.78. The van der Waals surface area contributed by atoms with Gasteiger partial charge < -0.3 is 18.8 Å². The maximum Gasteiger partial charge on any atom is 0.192 e. The molecular weight excluding hydrogens is 847 g/mol. The van der Waals surface area contributed by atoms with Crippen molar-refractivity contribution in [3.63, 3.8) is 0 Å². The first-order chi connectivity index (χ1) is 26.0. The number of ketones is 2. The molecule has 338 valence electrons. The Kier molecular flexibility index (Phi) is 31.8. The molecule has 57 heavy (non-hydrogen) atoms. The van der Waals surface area contributed by atoms with Crippen LogP contribution < -0.4 is 0 Å². The fourth-order valence-electron chi connectivity index (χ4n) is 5.79. The van der Waals surface area contributed by atoms with Crippen LogP contribution in [0, 0.1) is 10.8 Å². The number of aliphatic hydroxyl groups excluding tert-OH is 1. The van der Waals surface area contributed by atoms with Crippen LogP contribution >= 0.6 is 0 Å². The van der Waals surface area contributed by atoms with Gasteiger partial charge >= 0.3 is 108 Å². The molecule has 0 heterocycles. The van der Waals surface area contributed by atoms with Crippen LogP contribution in [0.2, 0.25) is 54.0 Å². The van der Waals surface area contributed by atoms with E-state index in [-0.39, 0.29) is 27.7 Å². The SMILES string of the molecule is C=CC[C@@H](O)CCCC(=O)C(C)(C)CO[Si](C)(C)C(C)(C)C.C=C[CH2][Sn]([CH2]CCC)([CH2]CCC)[CH2]CCC.CC(C)(CO[Si](C)(C)C(C)(C)C)C(=O)CCCC=O. The van der Waals surface area contributed by atoms with E-state index in [1.54, 1.807) is 19.4 Å². The van der Waals surface area contributed by atoms with Crippen molar-refractivity contribution in [1.29, 1.82) is 0 Å². The van der Waals surface area contributed by atoms with Gasteiger partial charge in [0.25, 0.3) is 0 Å². The molecule has 1 N–H and O–H groups in total. The van der Waals surface area contributed by atoms with Crippen molar-refractivity contribution in [1.82, 2.24) is 0 Å². The largest absolute Gasteiger partial charge is 0.416 e. The molecule has 0 aromatic carbocycles. The molecule has 0 aliphatic rings. The van der Waals surface area contributed by atoms with Gasteiger partial charge in [-0.2, -0.15) is 0 Å². The summed E-state index contributed by atoms with van der Waals surface area (Å²) in [6, 6.07) is 0. The Labute approximate surface area is 362 Å². The van der Waals surface area contributed by atoms with Crippen LogP contribution in [0.3, 0.4) is 0 Å². The number of carbonyl (C=O) groups excluding carboxylic acids is 3. The molecule has 0 amide bonds. The molecule has 6 nitrogen and oxygen atoms in total. The summed E-state index contributed by atoms with van der Waals surface area (Å²) in [6.45, 7) is 45.4. The third-order valence-corrected chi connectivity index (χ3v) is 36.9. The van der Waals surface area contributed by atoms with Gasteiger partial charge in [0.05, 0.1) is 6.10 Å². The van der Waals surface area contributed by atoms with E-state index in [1.165, 1.54) is 43.0 Å². The quantitative estimate of drug-likeness (QED) is 0.0348. The normalized spacial score (nSPS) is 13.4. The minimum absolute atomic E-state index is 0.154. The average Bonchev–Trinajstić information content (AvgIpc) is 3.10. The van der Waals surface area contributed by atoms with Crippen LogP contribution in [-0.2, 0) is 23.2 Å². The summed E-state index contributed by atoms with van der Waals surface area (Å²) in [5.74, 6) is 0.407. The van der Waals surface area contributed by atoms with Crippen molar-refractivity contribution in [3.8, 4) is 0 Å². The summed E-state index contributed by atoms with van der Waals surface area (Å²) in [4.78, 5) is 34.8. The molecule has 0 saturated heterocycles. The summed E-state index contributed by atoms with van der Waals surface area (Å²) < 4.78 is 18.6. The molecule has 0 aliphatic carbocycles. The third-order valence-electron chi connectivity index (χ3n) is 12.6. The van der Waals surface area contributed by atoms with E-state index in [9.17, 15) is 19.5 Å². The van der Waals surface area contributed by atoms with Gasteiger partial charge in [-0.15, -0.1) is 6.58 Å².